The van der Waals surface area contributed by atoms with Crippen molar-refractivity contribution in [3.05, 3.63) is 81.1 Å². The molecule has 4 heterocycles. The molecule has 2 aliphatic heterocycles. The molecule has 4 aromatic rings. The summed E-state index contributed by atoms with van der Waals surface area (Å²) in [6.07, 6.45) is 5.35. The molecule has 40 heavy (non-hydrogen) atoms. The number of carbonyl (C=O) groups is 2. The quantitative estimate of drug-likeness (QED) is 0.373. The van der Waals surface area contributed by atoms with Gasteiger partial charge in [0.15, 0.2) is 0 Å². The van der Waals surface area contributed by atoms with Crippen LogP contribution in [0.4, 0.5) is 15.8 Å². The predicted octanol–water partition coefficient (Wildman–Crippen LogP) is 4.84. The van der Waals surface area contributed by atoms with Crippen molar-refractivity contribution in [2.75, 3.05) is 23.3 Å². The van der Waals surface area contributed by atoms with E-state index < -0.39 is 5.82 Å². The van der Waals surface area contributed by atoms with Crippen LogP contribution in [-0.4, -0.2) is 45.4 Å². The zero-order chi connectivity index (χ0) is 28.1. The molecule has 206 valence electrons. The van der Waals surface area contributed by atoms with Crippen molar-refractivity contribution in [1.82, 2.24) is 14.5 Å². The van der Waals surface area contributed by atoms with Crippen molar-refractivity contribution < 1.29 is 14.0 Å². The maximum Gasteiger partial charge on any atom is 0.272 e. The molecule has 0 atom stereocenters. The first-order chi connectivity index (χ1) is 19.2. The number of pyridine rings is 1. The topological polar surface area (TPSA) is 90.4 Å². The summed E-state index contributed by atoms with van der Waals surface area (Å²) in [4.78, 5) is 44.8. The van der Waals surface area contributed by atoms with Gasteiger partial charge in [0.1, 0.15) is 11.3 Å². The number of hydrogen-bond donors (Lipinski definition) is 2. The highest BCUT2D eigenvalue weighted by atomic mass is 35.5. The first-order valence-electron chi connectivity index (χ1n) is 13.3. The van der Waals surface area contributed by atoms with Gasteiger partial charge >= 0.3 is 0 Å². The fourth-order valence-corrected chi connectivity index (χ4v) is 6.26. The van der Waals surface area contributed by atoms with Gasteiger partial charge in [-0.2, -0.15) is 0 Å². The molecule has 0 radical (unpaired) electrons. The van der Waals surface area contributed by atoms with Gasteiger partial charge in [-0.3, -0.25) is 14.4 Å². The largest absolute Gasteiger partial charge is 0.363 e. The number of rotatable bonds is 4. The summed E-state index contributed by atoms with van der Waals surface area (Å²) in [5.41, 5.74) is 5.29. The molecule has 6 rings (SSSR count). The number of aryl methyl sites for hydroxylation is 1. The number of H-pyrrole nitrogens is 1. The molecule has 2 aromatic carbocycles. The van der Waals surface area contributed by atoms with Crippen LogP contribution in [0.5, 0.6) is 0 Å². The van der Waals surface area contributed by atoms with Gasteiger partial charge in [-0.05, 0) is 60.4 Å². The molecule has 0 unspecified atom stereocenters. The third kappa shape index (κ3) is 4.64. The lowest BCUT2D eigenvalue weighted by atomic mass is 9.99. The molecule has 2 aromatic heterocycles. The van der Waals surface area contributed by atoms with Gasteiger partial charge in [0.25, 0.3) is 5.56 Å². The number of nitrogens with zero attached hydrogens (tertiary/aromatic N) is 3. The van der Waals surface area contributed by atoms with Gasteiger partial charge in [0, 0.05) is 85.0 Å². The van der Waals surface area contributed by atoms with Gasteiger partial charge in [-0.25, -0.2) is 4.39 Å². The fourth-order valence-electron chi connectivity index (χ4n) is 6.07. The number of hydrogen-bond acceptors (Lipinski definition) is 4. The highest BCUT2D eigenvalue weighted by molar-refractivity contribution is 6.31. The van der Waals surface area contributed by atoms with Crippen LogP contribution in [0.2, 0.25) is 5.02 Å². The molecule has 0 aliphatic carbocycles. The molecule has 10 heteroatoms. The van der Waals surface area contributed by atoms with E-state index in [0.717, 1.165) is 40.6 Å². The van der Waals surface area contributed by atoms with Crippen LogP contribution in [0.15, 0.2) is 53.6 Å². The number of fused-ring (bicyclic) bond motifs is 2. The van der Waals surface area contributed by atoms with E-state index >= 15 is 0 Å². The molecule has 0 saturated carbocycles. The number of carbonyl (C=O) groups excluding carboxylic acids is 2. The second-order valence-corrected chi connectivity index (χ2v) is 11.0. The molecular weight excluding hydrogens is 533 g/mol. The SMILES string of the molecule is CC(=O)N1CCC(N2Cc3c[nH]c(=O)c4c3c(cn4C)-c3cc(NC(=O)Cc4cc(F)ccc4Cl)ccc32)CC1. The molecule has 2 amide bonds. The molecular formula is C30H29ClFN5O3. The lowest BCUT2D eigenvalue weighted by Gasteiger charge is -2.40. The van der Waals surface area contributed by atoms with E-state index in [2.05, 4.69) is 15.2 Å². The van der Waals surface area contributed by atoms with E-state index in [4.69, 9.17) is 11.6 Å². The minimum Gasteiger partial charge on any atom is -0.363 e. The lowest BCUT2D eigenvalue weighted by Crippen LogP contribution is -2.46. The summed E-state index contributed by atoms with van der Waals surface area (Å²) in [6.45, 7) is 3.59. The molecule has 8 nitrogen and oxygen atoms in total. The highest BCUT2D eigenvalue weighted by Gasteiger charge is 2.31. The summed E-state index contributed by atoms with van der Waals surface area (Å²) >= 11 is 6.18. The van der Waals surface area contributed by atoms with Crippen molar-refractivity contribution in [3.8, 4) is 11.1 Å². The van der Waals surface area contributed by atoms with E-state index in [9.17, 15) is 18.8 Å². The third-order valence-corrected chi connectivity index (χ3v) is 8.39. The van der Waals surface area contributed by atoms with Crippen LogP contribution in [0.1, 0.15) is 30.9 Å². The average Bonchev–Trinajstić information content (AvgIpc) is 3.22. The Bertz CT molecular complexity index is 1720. The van der Waals surface area contributed by atoms with Crippen molar-refractivity contribution in [2.24, 2.45) is 7.05 Å². The summed E-state index contributed by atoms with van der Waals surface area (Å²) in [6, 6.07) is 9.97. The lowest BCUT2D eigenvalue weighted by molar-refractivity contribution is -0.129. The minimum atomic E-state index is -0.451. The number of nitrogens with one attached hydrogen (secondary N) is 2. The Balaban J connectivity index is 1.39. The summed E-state index contributed by atoms with van der Waals surface area (Å²) < 4.78 is 15.6. The van der Waals surface area contributed by atoms with Crippen LogP contribution < -0.4 is 15.8 Å². The number of piperidine rings is 1. The number of likely N-dealkylation sites (tertiary alicyclic amines) is 1. The maximum atomic E-state index is 13.7. The van der Waals surface area contributed by atoms with E-state index in [0.29, 0.717) is 41.4 Å². The van der Waals surface area contributed by atoms with Crippen LogP contribution in [0.3, 0.4) is 0 Å². The van der Waals surface area contributed by atoms with Crippen LogP contribution in [-0.2, 0) is 29.6 Å². The molecule has 1 fully saturated rings. The Morgan fingerprint density at radius 1 is 1.12 bits per heavy atom. The summed E-state index contributed by atoms with van der Waals surface area (Å²) in [5.74, 6) is -0.678. The van der Waals surface area contributed by atoms with Crippen LogP contribution >= 0.6 is 11.6 Å². The predicted molar refractivity (Wildman–Crippen MR) is 154 cm³/mol. The molecule has 2 aliphatic rings. The van der Waals surface area contributed by atoms with Crippen LogP contribution in [0.25, 0.3) is 22.0 Å². The number of aromatic amines is 1. The monoisotopic (exact) mass is 561 g/mol. The second-order valence-electron chi connectivity index (χ2n) is 10.6. The second kappa shape index (κ2) is 10.1. The summed E-state index contributed by atoms with van der Waals surface area (Å²) in [7, 11) is 1.86. The maximum absolute atomic E-state index is 13.7. The van der Waals surface area contributed by atoms with Gasteiger partial charge in [0.05, 0.1) is 6.42 Å². The van der Waals surface area contributed by atoms with Crippen molar-refractivity contribution in [3.63, 3.8) is 0 Å². The number of halogens is 2. The fraction of sp³-hybridized carbons (Fsp3) is 0.300. The van der Waals surface area contributed by atoms with Gasteiger partial charge in [-0.15, -0.1) is 0 Å². The van der Waals surface area contributed by atoms with Gasteiger partial charge in [-0.1, -0.05) is 11.6 Å². The van der Waals surface area contributed by atoms with Gasteiger partial charge in [0.2, 0.25) is 11.8 Å². The smallest absolute Gasteiger partial charge is 0.272 e. The van der Waals surface area contributed by atoms with E-state index in [-0.39, 0.29) is 29.8 Å². The zero-order valence-corrected chi connectivity index (χ0v) is 23.0. The van der Waals surface area contributed by atoms with Crippen LogP contribution in [0, 0.1) is 5.82 Å². The molecule has 2 N–H and O–H groups in total. The molecule has 1 saturated heterocycles. The summed E-state index contributed by atoms with van der Waals surface area (Å²) in [5, 5.41) is 4.16. The number of benzene rings is 2. The Hall–Kier alpha value is -4.11. The zero-order valence-electron chi connectivity index (χ0n) is 22.3. The Morgan fingerprint density at radius 2 is 1.90 bits per heavy atom. The third-order valence-electron chi connectivity index (χ3n) is 8.03. The normalized spacial score (nSPS) is 15.2. The average molecular weight is 562 g/mol. The van der Waals surface area contributed by atoms with E-state index in [1.165, 1.54) is 18.2 Å². The van der Waals surface area contributed by atoms with E-state index in [1.54, 1.807) is 13.1 Å². The molecule has 0 bridgehead atoms. The van der Waals surface area contributed by atoms with E-state index in [1.807, 2.05) is 40.9 Å². The van der Waals surface area contributed by atoms with Crippen molar-refractivity contribution >= 4 is 45.7 Å². The standard InChI is InChI=1S/C30H29ClFN5O3/c1-17(38)36-9-7-22(8-10-36)37-15-19-14-33-30(40)29-28(19)24(16-35(29)2)23-13-21(4-6-26(23)37)34-27(39)12-18-11-20(32)3-5-25(18)31/h3-6,11,13-14,16,22H,7-10,12,15H2,1-2H3,(H,33,40)(H,34,39). The minimum absolute atomic E-state index is 0.0671. The molecule has 0 spiro atoms. The van der Waals surface area contributed by atoms with Gasteiger partial charge < -0.3 is 24.7 Å². The number of amides is 2. The Morgan fingerprint density at radius 3 is 2.65 bits per heavy atom. The Labute approximate surface area is 235 Å². The first kappa shape index (κ1) is 26.1. The highest BCUT2D eigenvalue weighted by Crippen LogP contribution is 2.44. The van der Waals surface area contributed by atoms with Crippen molar-refractivity contribution in [1.29, 1.82) is 0 Å². The van der Waals surface area contributed by atoms with Crippen molar-refractivity contribution in [2.45, 2.75) is 38.8 Å². The first-order valence-corrected chi connectivity index (χ1v) is 13.7. The number of anilines is 2. The number of aromatic nitrogens is 2. The Kier molecular flexibility index (Phi) is 6.62.